The van der Waals surface area contributed by atoms with E-state index in [1.807, 2.05) is 0 Å². The first kappa shape index (κ1) is 28.7. The fraction of sp³-hybridized carbons (Fsp3) is 0.440. The summed E-state index contributed by atoms with van der Waals surface area (Å²) in [4.78, 5) is 25.9. The maximum absolute atomic E-state index is 13.8. The van der Waals surface area contributed by atoms with Crippen molar-refractivity contribution in [1.82, 2.24) is 4.90 Å². The monoisotopic (exact) mass is 575 g/mol. The van der Waals surface area contributed by atoms with Gasteiger partial charge in [-0.2, -0.15) is 13.2 Å². The molecular weight excluding hydrogens is 549 g/mol. The quantitative estimate of drug-likeness (QED) is 0.492. The fourth-order valence-corrected chi connectivity index (χ4v) is 6.84. The lowest BCUT2D eigenvalue weighted by Crippen LogP contribution is -2.49. The fourth-order valence-electron chi connectivity index (χ4n) is 5.12. The third kappa shape index (κ3) is 5.19. The summed E-state index contributed by atoms with van der Waals surface area (Å²) in [5.41, 5.74) is 0.817. The SMILES string of the molecule is NC(=O)[C@@H]1CCCN1C(=O)C[C@@H]1CCc2cc(C(O)(CF)C(F)(F)F)ccc2N1S(=O)(=O)c1ccc(F)cc1. The zero-order valence-corrected chi connectivity index (χ0v) is 21.3. The molecule has 1 saturated heterocycles. The van der Waals surface area contributed by atoms with Crippen molar-refractivity contribution in [2.75, 3.05) is 17.5 Å². The molecule has 14 heteroatoms. The molecule has 0 bridgehead atoms. The van der Waals surface area contributed by atoms with E-state index >= 15 is 0 Å². The van der Waals surface area contributed by atoms with Gasteiger partial charge in [-0.3, -0.25) is 13.9 Å². The van der Waals surface area contributed by atoms with Gasteiger partial charge < -0.3 is 15.7 Å². The molecule has 0 radical (unpaired) electrons. The molecule has 1 fully saturated rings. The first-order chi connectivity index (χ1) is 18.2. The second-order valence-corrected chi connectivity index (χ2v) is 11.4. The highest BCUT2D eigenvalue weighted by Crippen LogP contribution is 2.43. The van der Waals surface area contributed by atoms with Crippen LogP contribution in [-0.4, -0.2) is 61.7 Å². The molecule has 0 aromatic heterocycles. The van der Waals surface area contributed by atoms with Crippen molar-refractivity contribution >= 4 is 27.5 Å². The van der Waals surface area contributed by atoms with Gasteiger partial charge in [-0.25, -0.2) is 17.2 Å². The number of primary amides is 1. The van der Waals surface area contributed by atoms with Gasteiger partial charge >= 0.3 is 6.18 Å². The van der Waals surface area contributed by atoms with Crippen LogP contribution in [0.25, 0.3) is 0 Å². The summed E-state index contributed by atoms with van der Waals surface area (Å²) in [6, 6.07) is 4.74. The number of hydrogen-bond acceptors (Lipinski definition) is 5. The van der Waals surface area contributed by atoms with Gasteiger partial charge in [-0.05, 0) is 67.1 Å². The Balaban J connectivity index is 1.77. The van der Waals surface area contributed by atoms with Crippen LogP contribution in [0.5, 0.6) is 0 Å². The van der Waals surface area contributed by atoms with Gasteiger partial charge in [0.2, 0.25) is 17.4 Å². The number of likely N-dealkylation sites (tertiary alicyclic amines) is 1. The summed E-state index contributed by atoms with van der Waals surface area (Å²) in [7, 11) is -4.48. The predicted octanol–water partition coefficient (Wildman–Crippen LogP) is 2.92. The number of fused-ring (bicyclic) bond motifs is 1. The molecule has 2 aromatic carbocycles. The Kier molecular flexibility index (Phi) is 7.65. The molecule has 4 rings (SSSR count). The summed E-state index contributed by atoms with van der Waals surface area (Å²) in [6.45, 7) is -1.90. The molecular formula is C25H26F5N3O5S. The Hall–Kier alpha value is -3.26. The first-order valence-electron chi connectivity index (χ1n) is 12.1. The Morgan fingerprint density at radius 1 is 1.08 bits per heavy atom. The van der Waals surface area contributed by atoms with Crippen LogP contribution in [0.2, 0.25) is 0 Å². The largest absolute Gasteiger partial charge is 0.424 e. The number of halogens is 5. The maximum Gasteiger partial charge on any atom is 0.424 e. The molecule has 0 aliphatic carbocycles. The molecule has 2 aliphatic heterocycles. The van der Waals surface area contributed by atoms with Crippen molar-refractivity contribution in [2.45, 2.75) is 60.9 Å². The first-order valence-corrected chi connectivity index (χ1v) is 13.5. The lowest BCUT2D eigenvalue weighted by Gasteiger charge is -2.39. The Morgan fingerprint density at radius 2 is 1.74 bits per heavy atom. The normalized spacial score (nSPS) is 21.4. The molecule has 0 saturated carbocycles. The maximum atomic E-state index is 13.8. The van der Waals surface area contributed by atoms with E-state index in [1.165, 1.54) is 4.90 Å². The van der Waals surface area contributed by atoms with Gasteiger partial charge in [-0.15, -0.1) is 0 Å². The number of alkyl halides is 4. The van der Waals surface area contributed by atoms with E-state index in [2.05, 4.69) is 0 Å². The number of anilines is 1. The number of hydrogen-bond donors (Lipinski definition) is 2. The highest BCUT2D eigenvalue weighted by Gasteiger charge is 2.55. The highest BCUT2D eigenvalue weighted by molar-refractivity contribution is 7.92. The van der Waals surface area contributed by atoms with Crippen LogP contribution in [0, 0.1) is 5.82 Å². The zero-order chi connectivity index (χ0) is 28.8. The lowest BCUT2D eigenvalue weighted by molar-refractivity contribution is -0.271. The number of rotatable bonds is 7. The highest BCUT2D eigenvalue weighted by atomic mass is 32.2. The minimum Gasteiger partial charge on any atom is -0.374 e. The van der Waals surface area contributed by atoms with E-state index < -0.39 is 63.8 Å². The van der Waals surface area contributed by atoms with Crippen LogP contribution in [0.1, 0.15) is 36.8 Å². The minimum atomic E-state index is -5.34. The van der Waals surface area contributed by atoms with Gasteiger partial charge in [0.1, 0.15) is 18.5 Å². The van der Waals surface area contributed by atoms with Gasteiger partial charge in [-0.1, -0.05) is 12.1 Å². The van der Waals surface area contributed by atoms with Crippen LogP contribution in [-0.2, 0) is 31.6 Å². The van der Waals surface area contributed by atoms with Gasteiger partial charge in [0.25, 0.3) is 10.0 Å². The molecule has 3 atom stereocenters. The summed E-state index contributed by atoms with van der Waals surface area (Å²) < 4.78 is 95.8. The number of aryl methyl sites for hydroxylation is 1. The van der Waals surface area contributed by atoms with E-state index in [0.717, 1.165) is 46.8 Å². The number of benzene rings is 2. The summed E-state index contributed by atoms with van der Waals surface area (Å²) in [5.74, 6) is -1.92. The van der Waals surface area contributed by atoms with Crippen LogP contribution < -0.4 is 10.0 Å². The van der Waals surface area contributed by atoms with Gasteiger partial charge in [0.15, 0.2) is 0 Å². The molecule has 2 aromatic rings. The number of sulfonamides is 1. The standard InChI is InChI=1S/C25H26F5N3O5S/c26-14-24(36,25(28,29)30)16-4-10-20-15(12-16)3-7-18(13-22(34)32-11-1-2-21(32)23(31)35)33(20)39(37,38)19-8-5-17(27)6-9-19/h4-6,8-10,12,18,21,36H,1-3,7,11,13-14H2,(H2,31,35)/t18-,21-,24?/m0/s1. The molecule has 8 nitrogen and oxygen atoms in total. The predicted molar refractivity (Wildman–Crippen MR) is 129 cm³/mol. The van der Waals surface area contributed by atoms with Crippen LogP contribution in [0.15, 0.2) is 47.4 Å². The van der Waals surface area contributed by atoms with E-state index in [9.17, 15) is 45.1 Å². The van der Waals surface area contributed by atoms with Crippen LogP contribution in [0.3, 0.4) is 0 Å². The number of amides is 2. The van der Waals surface area contributed by atoms with E-state index in [-0.39, 0.29) is 42.0 Å². The topological polar surface area (TPSA) is 121 Å². The second kappa shape index (κ2) is 10.4. The lowest BCUT2D eigenvalue weighted by atomic mass is 9.88. The molecule has 212 valence electrons. The van der Waals surface area contributed by atoms with Crippen molar-refractivity contribution in [2.24, 2.45) is 5.73 Å². The van der Waals surface area contributed by atoms with Crippen molar-refractivity contribution in [3.8, 4) is 0 Å². The van der Waals surface area contributed by atoms with E-state index in [4.69, 9.17) is 5.73 Å². The third-order valence-electron chi connectivity index (χ3n) is 7.22. The van der Waals surface area contributed by atoms with Crippen molar-refractivity contribution < 1.29 is 45.1 Å². The average Bonchev–Trinajstić information content (AvgIpc) is 3.38. The molecule has 0 spiro atoms. The minimum absolute atomic E-state index is 0.00995. The molecule has 3 N–H and O–H groups in total. The van der Waals surface area contributed by atoms with Crippen molar-refractivity contribution in [3.05, 3.63) is 59.4 Å². The smallest absolute Gasteiger partial charge is 0.374 e. The number of carbonyl (C=O) groups is 2. The average molecular weight is 576 g/mol. The van der Waals surface area contributed by atoms with Gasteiger partial charge in [0, 0.05) is 13.0 Å². The molecule has 2 heterocycles. The van der Waals surface area contributed by atoms with Crippen molar-refractivity contribution in [3.63, 3.8) is 0 Å². The third-order valence-corrected chi connectivity index (χ3v) is 9.10. The summed E-state index contributed by atoms with van der Waals surface area (Å²) >= 11 is 0. The second-order valence-electron chi connectivity index (χ2n) is 9.63. The Morgan fingerprint density at radius 3 is 2.33 bits per heavy atom. The van der Waals surface area contributed by atoms with Gasteiger partial charge in [0.05, 0.1) is 16.6 Å². The van der Waals surface area contributed by atoms with Crippen LogP contribution in [0.4, 0.5) is 27.6 Å². The number of carbonyl (C=O) groups excluding carboxylic acids is 2. The number of aliphatic hydroxyl groups is 1. The summed E-state index contributed by atoms with van der Waals surface area (Å²) in [5, 5.41) is 10.1. The van der Waals surface area contributed by atoms with E-state index in [0.29, 0.717) is 12.8 Å². The molecule has 2 aliphatic rings. The molecule has 1 unspecified atom stereocenters. The summed E-state index contributed by atoms with van der Waals surface area (Å²) in [6.07, 6.45) is -4.81. The Labute approximate surface area is 221 Å². The molecule has 2 amide bonds. The zero-order valence-electron chi connectivity index (χ0n) is 20.5. The van der Waals surface area contributed by atoms with Crippen molar-refractivity contribution in [1.29, 1.82) is 0 Å². The Bertz CT molecular complexity index is 1370. The number of nitrogens with zero attached hydrogens (tertiary/aromatic N) is 2. The molecule has 39 heavy (non-hydrogen) atoms. The number of nitrogens with two attached hydrogens (primary N) is 1. The van der Waals surface area contributed by atoms with E-state index in [1.54, 1.807) is 0 Å². The van der Waals surface area contributed by atoms with Crippen LogP contribution >= 0.6 is 0 Å².